The number of aliphatic hydroxyl groups is 6. The Morgan fingerprint density at radius 3 is 2.45 bits per heavy atom. The lowest BCUT2D eigenvalue weighted by molar-refractivity contribution is -0.337. The minimum atomic E-state index is -2.65. The number of aliphatic imine (C=N–C) groups is 3. The molecule has 3 aromatic rings. The fourth-order valence-electron chi connectivity index (χ4n) is 9.15. The summed E-state index contributed by atoms with van der Waals surface area (Å²) in [5, 5.41) is 109. The number of carbonyl (C=O) groups is 1. The number of aromatic hydroxyl groups is 2. The average Bonchev–Trinajstić information content (AvgIpc) is 4.08. The van der Waals surface area contributed by atoms with Gasteiger partial charge < -0.3 is 69.6 Å². The number of hydrogen-bond acceptors (Lipinski definition) is 17. The van der Waals surface area contributed by atoms with Crippen LogP contribution in [0, 0.1) is 11.3 Å². The highest BCUT2D eigenvalue weighted by Crippen LogP contribution is 2.56. The molecule has 64 heavy (non-hydrogen) atoms. The summed E-state index contributed by atoms with van der Waals surface area (Å²) in [6.07, 6.45) is 0.0559. The summed E-state index contributed by atoms with van der Waals surface area (Å²) in [5.41, 5.74) is -5.23. The minimum absolute atomic E-state index is 0.00134. The number of ether oxygens (including phenoxy) is 5. The summed E-state index contributed by atoms with van der Waals surface area (Å²) in [4.78, 5) is 24.9. The van der Waals surface area contributed by atoms with Gasteiger partial charge in [-0.25, -0.2) is 14.8 Å². The molecule has 9 rings (SSSR count). The number of amidine groups is 1. The molecule has 9 atom stereocenters. The van der Waals surface area contributed by atoms with Gasteiger partial charge in [-0.2, -0.15) is 0 Å². The van der Waals surface area contributed by atoms with Crippen molar-refractivity contribution in [1.29, 1.82) is 5.41 Å². The number of phenolic OH excluding ortho intramolecular Hbond substituents is 2. The first-order valence-electron chi connectivity index (χ1n) is 20.4. The van der Waals surface area contributed by atoms with Crippen LogP contribution in [0.25, 0.3) is 5.76 Å². The van der Waals surface area contributed by atoms with Crippen molar-refractivity contribution in [3.05, 3.63) is 102 Å². The molecular formula is C45H44N4O15. The second-order valence-electron chi connectivity index (χ2n) is 16.4. The van der Waals surface area contributed by atoms with Crippen LogP contribution in [0.1, 0.15) is 48.5 Å². The lowest BCUT2D eigenvalue weighted by atomic mass is 9.64. The molecule has 4 aliphatic heterocycles. The predicted octanol–water partition coefficient (Wildman–Crippen LogP) is 2.75. The Morgan fingerprint density at radius 1 is 1.03 bits per heavy atom. The van der Waals surface area contributed by atoms with Gasteiger partial charge in [0.15, 0.2) is 29.3 Å². The van der Waals surface area contributed by atoms with E-state index in [4.69, 9.17) is 29.1 Å². The molecule has 10 N–H and O–H groups in total. The monoisotopic (exact) mass is 880 g/mol. The van der Waals surface area contributed by atoms with E-state index >= 15 is 0 Å². The van der Waals surface area contributed by atoms with Crippen molar-refractivity contribution in [3.8, 4) is 34.5 Å². The smallest absolute Gasteiger partial charge is 0.336 e. The van der Waals surface area contributed by atoms with Gasteiger partial charge in [-0.1, -0.05) is 30.3 Å². The van der Waals surface area contributed by atoms with Gasteiger partial charge in [0.25, 0.3) is 0 Å². The molecule has 4 heterocycles. The maximum absolute atomic E-state index is 12.8. The molecule has 2 fully saturated rings. The van der Waals surface area contributed by atoms with Crippen molar-refractivity contribution >= 4 is 35.3 Å². The summed E-state index contributed by atoms with van der Waals surface area (Å²) in [7, 11) is 0. The Labute approximate surface area is 364 Å². The van der Waals surface area contributed by atoms with E-state index in [-0.39, 0.29) is 58.1 Å². The number of aliphatic carboxylic acids is 1. The Bertz CT molecular complexity index is 2570. The van der Waals surface area contributed by atoms with E-state index in [1.807, 2.05) is 0 Å². The number of aliphatic hydroxyl groups excluding tert-OH is 4. The van der Waals surface area contributed by atoms with E-state index < -0.39 is 83.6 Å². The molecule has 334 valence electrons. The van der Waals surface area contributed by atoms with Crippen molar-refractivity contribution in [1.82, 2.24) is 0 Å². The molecule has 0 spiro atoms. The predicted molar refractivity (Wildman–Crippen MR) is 225 cm³/mol. The fourth-order valence-corrected chi connectivity index (χ4v) is 9.15. The van der Waals surface area contributed by atoms with Crippen LogP contribution in [0.5, 0.6) is 34.5 Å². The van der Waals surface area contributed by atoms with E-state index in [2.05, 4.69) is 15.0 Å². The molecule has 3 aromatic carbocycles. The van der Waals surface area contributed by atoms with Crippen LogP contribution >= 0.6 is 0 Å². The molecule has 0 aromatic heterocycles. The Hall–Kier alpha value is -6.61. The van der Waals surface area contributed by atoms with Gasteiger partial charge in [-0.3, -0.25) is 10.4 Å². The number of phenols is 2. The Balaban J connectivity index is 1.08. The van der Waals surface area contributed by atoms with Gasteiger partial charge in [0.05, 0.1) is 30.5 Å². The van der Waals surface area contributed by atoms with Gasteiger partial charge in [0.1, 0.15) is 70.3 Å². The van der Waals surface area contributed by atoms with Crippen LogP contribution in [0.15, 0.2) is 100.0 Å². The number of rotatable bonds is 13. The van der Waals surface area contributed by atoms with Crippen molar-refractivity contribution in [2.45, 2.75) is 79.3 Å². The summed E-state index contributed by atoms with van der Waals surface area (Å²) in [6, 6.07) is 13.9. The highest BCUT2D eigenvalue weighted by Gasteiger charge is 2.70. The number of carboxylic acid groups (broad SMARTS) is 1. The quantitative estimate of drug-likeness (QED) is 0.110. The first-order valence-corrected chi connectivity index (χ1v) is 20.4. The molecule has 0 radical (unpaired) electrons. The highest BCUT2D eigenvalue weighted by molar-refractivity contribution is 6.15. The standard InChI is InChI=1S/C45H44N4O15/c46-34-11-10-27(49-34)36(53)33(20-50)60-25-8-6-22(7-9-25)30-17-29(52)35-31(61-30)18-32(38(37(35)54)64-43(13-1-2-14-43)23-4-3-5-24(51)16-23)62-42-44(58)15-12-26(28-19-47-21-48-28)45(59,41(44)57)39(63-42)40(55)56/h3-12,15-18,21,26,30,33,36,39,41-42,46,50-54,57-59H,1-2,13-14,19-20H2,(H,55,56). The van der Waals surface area contributed by atoms with E-state index in [9.17, 15) is 50.8 Å². The first-order chi connectivity index (χ1) is 30.6. The highest BCUT2D eigenvalue weighted by atomic mass is 16.7. The van der Waals surface area contributed by atoms with Crippen LogP contribution < -0.4 is 18.9 Å². The molecule has 19 heteroatoms. The zero-order valence-electron chi connectivity index (χ0n) is 33.8. The minimum Gasteiger partial charge on any atom is -0.508 e. The molecule has 2 aliphatic carbocycles. The zero-order valence-corrected chi connectivity index (χ0v) is 33.8. The second-order valence-corrected chi connectivity index (χ2v) is 16.4. The summed E-state index contributed by atoms with van der Waals surface area (Å²) in [6.45, 7) is -0.569. The van der Waals surface area contributed by atoms with Gasteiger partial charge in [0, 0.05) is 12.1 Å². The van der Waals surface area contributed by atoms with Crippen molar-refractivity contribution in [2.24, 2.45) is 20.9 Å². The third-order valence-electron chi connectivity index (χ3n) is 12.4. The van der Waals surface area contributed by atoms with Gasteiger partial charge >= 0.3 is 5.97 Å². The molecule has 9 unspecified atom stereocenters. The zero-order chi connectivity index (χ0) is 45.1. The maximum atomic E-state index is 12.8. The normalized spacial score (nSPS) is 29.5. The molecule has 1 saturated heterocycles. The van der Waals surface area contributed by atoms with Crippen molar-refractivity contribution in [3.63, 3.8) is 0 Å². The van der Waals surface area contributed by atoms with E-state index in [1.165, 1.54) is 61.0 Å². The van der Waals surface area contributed by atoms with Crippen LogP contribution in [0.4, 0.5) is 0 Å². The molecule has 0 amide bonds. The van der Waals surface area contributed by atoms with E-state index in [0.29, 0.717) is 36.8 Å². The molecule has 2 bridgehead atoms. The van der Waals surface area contributed by atoms with Crippen LogP contribution in [-0.2, 0) is 15.1 Å². The van der Waals surface area contributed by atoms with E-state index in [1.54, 1.807) is 24.3 Å². The molecular weight excluding hydrogens is 837 g/mol. The number of fused-ring (bicyclic) bond motifs is 3. The number of carboxylic acids is 1. The summed E-state index contributed by atoms with van der Waals surface area (Å²) < 4.78 is 31.0. The van der Waals surface area contributed by atoms with Gasteiger partial charge in [-0.15, -0.1) is 0 Å². The third-order valence-corrected chi connectivity index (χ3v) is 12.4. The number of benzene rings is 3. The fraction of sp³-hybridized carbons (Fsp3) is 0.356. The SMILES string of the molecule is N=C1C=CC(C(O)C(CO)Oc2ccc(C3C=C(O)c4c(cc(OC5OC(C(=O)O)C6(O)C(C7=NC=NC7)C=CC5(O)C6O)c(OC5(c6cccc(O)c6)CCCC5)c4O)O3)cc2)=N1. The van der Waals surface area contributed by atoms with Crippen LogP contribution in [-0.4, -0.2) is 131 Å². The van der Waals surface area contributed by atoms with Crippen molar-refractivity contribution < 1.29 is 74.4 Å². The van der Waals surface area contributed by atoms with Crippen LogP contribution in [0.3, 0.4) is 0 Å². The lowest BCUT2D eigenvalue weighted by Gasteiger charge is -2.55. The third kappa shape index (κ3) is 7.15. The first kappa shape index (κ1) is 42.7. The second kappa shape index (κ2) is 16.2. The van der Waals surface area contributed by atoms with Crippen molar-refractivity contribution in [2.75, 3.05) is 13.2 Å². The summed E-state index contributed by atoms with van der Waals surface area (Å²) >= 11 is 0. The average molecular weight is 881 g/mol. The van der Waals surface area contributed by atoms with Crippen LogP contribution in [0.2, 0.25) is 0 Å². The number of hydrogen-bond donors (Lipinski definition) is 10. The molecule has 6 aliphatic rings. The van der Waals surface area contributed by atoms with E-state index in [0.717, 1.165) is 6.08 Å². The largest absolute Gasteiger partial charge is 0.508 e. The molecule has 1 saturated carbocycles. The number of nitrogens with zero attached hydrogens (tertiary/aromatic N) is 3. The summed E-state index contributed by atoms with van der Waals surface area (Å²) in [5.74, 6) is -4.79. The maximum Gasteiger partial charge on any atom is 0.336 e. The lowest BCUT2D eigenvalue weighted by Crippen LogP contribution is -2.78. The Kier molecular flexibility index (Phi) is 10.8. The molecule has 19 nitrogen and oxygen atoms in total. The van der Waals surface area contributed by atoms with Gasteiger partial charge in [0.2, 0.25) is 12.0 Å². The number of nitrogens with one attached hydrogen (secondary N) is 1. The van der Waals surface area contributed by atoms with Gasteiger partial charge in [-0.05, 0) is 79.3 Å². The Morgan fingerprint density at radius 2 is 1.80 bits per heavy atom. The topological polar surface area (TPSA) is 306 Å².